The Bertz CT molecular complexity index is 1370. The van der Waals surface area contributed by atoms with Crippen molar-refractivity contribution in [1.82, 2.24) is 4.90 Å². The van der Waals surface area contributed by atoms with Gasteiger partial charge >= 0.3 is 12.4 Å². The molecule has 2 aromatic carbocycles. The Morgan fingerprint density at radius 1 is 0.974 bits per heavy atom. The van der Waals surface area contributed by atoms with E-state index in [1.807, 2.05) is 0 Å². The topological polar surface area (TPSA) is 90.5 Å². The standard InChI is InChI=1S/C24H21F7N2O5S/c25-15-3-6-17(7-4-15)39(36,37)33-16(10-21(34)32-11-19-20(12-32)38-19)5-1-13-9-14(2-8-18(13)33)22(35,23(26,27)28)24(29,30)31/h2-4,6-9,16,19-20,35H,1,5,10-12H2. The van der Waals surface area contributed by atoms with Crippen LogP contribution in [0.5, 0.6) is 0 Å². The second-order valence-corrected chi connectivity index (χ2v) is 11.5. The summed E-state index contributed by atoms with van der Waals surface area (Å²) in [5, 5.41) is 9.83. The molecular formula is C24H21F7N2O5S. The number of halogens is 7. The number of rotatable bonds is 5. The molecule has 0 aliphatic carbocycles. The summed E-state index contributed by atoms with van der Waals surface area (Å²) >= 11 is 0. The molecule has 0 spiro atoms. The Balaban J connectivity index is 1.56. The number of likely N-dealkylation sites (tertiary alicyclic amines) is 1. The molecule has 3 aliphatic heterocycles. The number of fused-ring (bicyclic) bond motifs is 2. The van der Waals surface area contributed by atoms with E-state index in [4.69, 9.17) is 4.74 Å². The van der Waals surface area contributed by atoms with Crippen molar-refractivity contribution in [3.8, 4) is 0 Å². The molecule has 3 aliphatic rings. The maximum Gasteiger partial charge on any atom is 0.430 e. The summed E-state index contributed by atoms with van der Waals surface area (Å²) in [5.74, 6) is -1.13. The van der Waals surface area contributed by atoms with Crippen LogP contribution in [0.4, 0.5) is 36.4 Å². The largest absolute Gasteiger partial charge is 0.430 e. The lowest BCUT2D eigenvalue weighted by molar-refractivity contribution is -0.376. The van der Waals surface area contributed by atoms with Crippen LogP contribution >= 0.6 is 0 Å². The van der Waals surface area contributed by atoms with Gasteiger partial charge in [0.25, 0.3) is 15.6 Å². The number of aryl methyl sites for hydroxylation is 1. The number of ether oxygens (including phenoxy) is 1. The van der Waals surface area contributed by atoms with E-state index in [-0.39, 0.29) is 42.7 Å². The van der Waals surface area contributed by atoms with E-state index in [0.717, 1.165) is 34.6 Å². The van der Waals surface area contributed by atoms with Crippen molar-refractivity contribution >= 4 is 21.6 Å². The zero-order valence-electron chi connectivity index (χ0n) is 19.8. The first-order valence-electron chi connectivity index (χ1n) is 11.8. The molecule has 0 aromatic heterocycles. The fourth-order valence-electron chi connectivity index (χ4n) is 5.12. The van der Waals surface area contributed by atoms with E-state index in [1.54, 1.807) is 0 Å². The monoisotopic (exact) mass is 582 g/mol. The number of hydrogen-bond donors (Lipinski definition) is 1. The quantitative estimate of drug-likeness (QED) is 0.430. The number of carbonyl (C=O) groups is 1. The molecule has 2 aromatic rings. The minimum atomic E-state index is -6.12. The molecule has 3 atom stereocenters. The van der Waals surface area contributed by atoms with Gasteiger partial charge in [-0.25, -0.2) is 12.8 Å². The lowest BCUT2D eigenvalue weighted by Gasteiger charge is -2.39. The highest BCUT2D eigenvalue weighted by molar-refractivity contribution is 7.92. The summed E-state index contributed by atoms with van der Waals surface area (Å²) in [6, 6.07) is 4.24. The normalized spacial score (nSPS) is 23.4. The van der Waals surface area contributed by atoms with Crippen molar-refractivity contribution in [3.63, 3.8) is 0 Å². The van der Waals surface area contributed by atoms with Crippen molar-refractivity contribution in [2.24, 2.45) is 0 Å². The highest BCUT2D eigenvalue weighted by Gasteiger charge is 2.71. The SMILES string of the molecule is O=C(CC1CCc2cc(C(O)(C(F)(F)F)C(F)(F)F)ccc2N1S(=O)(=O)c1ccc(F)cc1)N1CC2OC2C1. The maximum atomic E-state index is 13.7. The first kappa shape index (κ1) is 27.6. The Morgan fingerprint density at radius 3 is 2.13 bits per heavy atom. The second kappa shape index (κ2) is 9.06. The van der Waals surface area contributed by atoms with Gasteiger partial charge in [0.15, 0.2) is 0 Å². The van der Waals surface area contributed by atoms with Crippen LogP contribution in [0.15, 0.2) is 47.4 Å². The summed E-state index contributed by atoms with van der Waals surface area (Å²) in [6.07, 6.45) is -13.0. The van der Waals surface area contributed by atoms with E-state index in [9.17, 15) is 49.1 Å². The minimum absolute atomic E-state index is 0.0838. The Morgan fingerprint density at radius 2 is 1.56 bits per heavy atom. The number of sulfonamides is 1. The summed E-state index contributed by atoms with van der Waals surface area (Å²) in [5.41, 5.74) is -7.16. The second-order valence-electron chi connectivity index (χ2n) is 9.71. The third-order valence-corrected chi connectivity index (χ3v) is 9.14. The van der Waals surface area contributed by atoms with Crippen LogP contribution in [0.2, 0.25) is 0 Å². The van der Waals surface area contributed by atoms with Crippen molar-refractivity contribution in [1.29, 1.82) is 0 Å². The van der Waals surface area contributed by atoms with Gasteiger partial charge in [-0.15, -0.1) is 0 Å². The van der Waals surface area contributed by atoms with Crippen LogP contribution in [0.1, 0.15) is 24.0 Å². The van der Waals surface area contributed by atoms with Gasteiger partial charge in [-0.05, 0) is 48.7 Å². The predicted molar refractivity (Wildman–Crippen MR) is 120 cm³/mol. The maximum absolute atomic E-state index is 13.7. The Kier molecular flexibility index (Phi) is 6.42. The number of anilines is 1. The smallest absolute Gasteiger partial charge is 0.369 e. The molecule has 7 nitrogen and oxygen atoms in total. The molecule has 39 heavy (non-hydrogen) atoms. The number of amides is 1. The van der Waals surface area contributed by atoms with Gasteiger partial charge in [-0.1, -0.05) is 12.1 Å². The molecule has 5 rings (SSSR count). The van der Waals surface area contributed by atoms with Gasteiger partial charge in [-0.2, -0.15) is 26.3 Å². The first-order valence-corrected chi connectivity index (χ1v) is 13.2. The fourth-order valence-corrected chi connectivity index (χ4v) is 6.84. The number of morpholine rings is 1. The molecule has 1 amide bonds. The molecule has 15 heteroatoms. The fraction of sp³-hybridized carbons (Fsp3) is 0.458. The predicted octanol–water partition coefficient (Wildman–Crippen LogP) is 3.65. The molecule has 2 saturated heterocycles. The van der Waals surface area contributed by atoms with E-state index < -0.39 is 56.2 Å². The highest BCUT2D eigenvalue weighted by atomic mass is 32.2. The van der Waals surface area contributed by atoms with Crippen molar-refractivity contribution in [3.05, 3.63) is 59.4 Å². The Hall–Kier alpha value is -2.91. The average molecular weight is 582 g/mol. The van der Waals surface area contributed by atoms with Crippen LogP contribution in [0.25, 0.3) is 0 Å². The number of alkyl halides is 6. The number of epoxide rings is 1. The molecule has 0 radical (unpaired) electrons. The van der Waals surface area contributed by atoms with Crippen LogP contribution < -0.4 is 4.31 Å². The Labute approximate surface area is 217 Å². The molecule has 0 saturated carbocycles. The molecular weight excluding hydrogens is 561 g/mol. The molecule has 3 heterocycles. The van der Waals surface area contributed by atoms with Gasteiger partial charge in [-0.3, -0.25) is 9.10 Å². The van der Waals surface area contributed by atoms with Crippen LogP contribution in [0.3, 0.4) is 0 Å². The minimum Gasteiger partial charge on any atom is -0.369 e. The van der Waals surface area contributed by atoms with Gasteiger partial charge < -0.3 is 14.7 Å². The van der Waals surface area contributed by atoms with E-state index in [1.165, 1.54) is 4.90 Å². The van der Waals surface area contributed by atoms with Gasteiger partial charge in [0.2, 0.25) is 5.91 Å². The molecule has 0 bridgehead atoms. The van der Waals surface area contributed by atoms with Gasteiger partial charge in [0, 0.05) is 25.1 Å². The number of nitrogens with zero attached hydrogens (tertiary/aromatic N) is 2. The van der Waals surface area contributed by atoms with Crippen molar-refractivity contribution in [2.75, 3.05) is 17.4 Å². The summed E-state index contributed by atoms with van der Waals surface area (Å²) in [6.45, 7) is 0.655. The zero-order chi connectivity index (χ0) is 28.5. The van der Waals surface area contributed by atoms with Crippen LogP contribution in [0, 0.1) is 5.82 Å². The zero-order valence-corrected chi connectivity index (χ0v) is 20.7. The summed E-state index contributed by atoms with van der Waals surface area (Å²) < 4.78 is 128. The number of hydrogen-bond acceptors (Lipinski definition) is 5. The van der Waals surface area contributed by atoms with Gasteiger partial charge in [0.1, 0.15) is 18.0 Å². The first-order chi connectivity index (χ1) is 18.0. The lowest BCUT2D eigenvalue weighted by atomic mass is 9.87. The average Bonchev–Trinajstić information content (AvgIpc) is 3.46. The van der Waals surface area contributed by atoms with E-state index in [0.29, 0.717) is 25.2 Å². The van der Waals surface area contributed by atoms with Crippen molar-refractivity contribution < 1.29 is 53.8 Å². The molecule has 212 valence electrons. The van der Waals surface area contributed by atoms with E-state index in [2.05, 4.69) is 0 Å². The third kappa shape index (κ3) is 4.63. The highest BCUT2D eigenvalue weighted by Crippen LogP contribution is 2.51. The number of carbonyl (C=O) groups excluding carboxylic acids is 1. The van der Waals surface area contributed by atoms with E-state index >= 15 is 0 Å². The van der Waals surface area contributed by atoms with Crippen LogP contribution in [-0.4, -0.2) is 68.0 Å². The molecule has 3 unspecified atom stereocenters. The van der Waals surface area contributed by atoms with Gasteiger partial charge in [0.05, 0.1) is 16.6 Å². The summed E-state index contributed by atoms with van der Waals surface area (Å²) in [4.78, 5) is 14.1. The van der Waals surface area contributed by atoms with Crippen molar-refractivity contribution in [2.45, 2.75) is 60.4 Å². The molecule has 2 fully saturated rings. The third-order valence-electron chi connectivity index (χ3n) is 7.26. The number of benzene rings is 2. The van der Waals surface area contributed by atoms with Crippen LogP contribution in [-0.2, 0) is 31.6 Å². The molecule has 1 N–H and O–H groups in total. The number of aliphatic hydroxyl groups is 1. The summed E-state index contributed by atoms with van der Waals surface area (Å²) in [7, 11) is -4.55. The lowest BCUT2D eigenvalue weighted by Crippen LogP contribution is -2.54.